The van der Waals surface area contributed by atoms with Gasteiger partial charge in [-0.3, -0.25) is 0 Å². The van der Waals surface area contributed by atoms with E-state index in [1.54, 1.807) is 12.1 Å². The Balaban J connectivity index is 3.23. The highest BCUT2D eigenvalue weighted by Crippen LogP contribution is 2.16. The second-order valence-corrected chi connectivity index (χ2v) is 5.59. The van der Waals surface area contributed by atoms with Gasteiger partial charge in [0.2, 0.25) is 10.0 Å². The van der Waals surface area contributed by atoms with E-state index in [-0.39, 0.29) is 11.5 Å². The Morgan fingerprint density at radius 3 is 2.72 bits per heavy atom. The molecule has 0 fully saturated rings. The molecule has 1 aromatic carbocycles. The first-order valence-corrected chi connectivity index (χ1v) is 7.19. The second kappa shape index (κ2) is 6.55. The molecule has 0 atom stereocenters. The minimum Gasteiger partial charge on any atom is -0.384 e. The molecule has 1 aromatic rings. The SMILES string of the molecule is CCCNS(=O)(=O)c1ccc(C)cc1C#CCO. The monoisotopic (exact) mass is 267 g/mol. The van der Waals surface area contributed by atoms with Gasteiger partial charge in [-0.15, -0.1) is 0 Å². The third-order valence-electron chi connectivity index (χ3n) is 2.27. The molecule has 0 aliphatic heterocycles. The van der Waals surface area contributed by atoms with E-state index >= 15 is 0 Å². The predicted octanol–water partition coefficient (Wildman–Crippen LogP) is 1.03. The summed E-state index contributed by atoms with van der Waals surface area (Å²) in [7, 11) is -3.53. The highest BCUT2D eigenvalue weighted by atomic mass is 32.2. The molecule has 0 heterocycles. The van der Waals surface area contributed by atoms with Gasteiger partial charge in [0.15, 0.2) is 0 Å². The Morgan fingerprint density at radius 2 is 2.11 bits per heavy atom. The molecular formula is C13H17NO3S. The van der Waals surface area contributed by atoms with Crippen molar-refractivity contribution < 1.29 is 13.5 Å². The molecule has 0 aliphatic rings. The van der Waals surface area contributed by atoms with Crippen molar-refractivity contribution in [3.8, 4) is 11.8 Å². The van der Waals surface area contributed by atoms with E-state index < -0.39 is 10.0 Å². The second-order valence-electron chi connectivity index (χ2n) is 3.86. The minimum atomic E-state index is -3.53. The molecule has 0 amide bonds. The number of aliphatic hydroxyl groups is 1. The van der Waals surface area contributed by atoms with Crippen LogP contribution >= 0.6 is 0 Å². The third kappa shape index (κ3) is 3.84. The minimum absolute atomic E-state index is 0.155. The normalized spacial score (nSPS) is 10.8. The van der Waals surface area contributed by atoms with Crippen molar-refractivity contribution in [3.05, 3.63) is 29.3 Å². The fraction of sp³-hybridized carbons (Fsp3) is 0.385. The zero-order chi connectivity index (χ0) is 13.6. The molecule has 0 aromatic heterocycles. The summed E-state index contributed by atoms with van der Waals surface area (Å²) in [4.78, 5) is 0.155. The van der Waals surface area contributed by atoms with Crippen molar-refractivity contribution in [1.29, 1.82) is 0 Å². The third-order valence-corrected chi connectivity index (χ3v) is 3.79. The van der Waals surface area contributed by atoms with E-state index in [0.29, 0.717) is 12.1 Å². The lowest BCUT2D eigenvalue weighted by Crippen LogP contribution is -2.25. The van der Waals surface area contributed by atoms with Gasteiger partial charge in [-0.2, -0.15) is 0 Å². The molecule has 5 heteroatoms. The first kappa shape index (κ1) is 14.7. The van der Waals surface area contributed by atoms with Gasteiger partial charge in [-0.1, -0.05) is 24.8 Å². The van der Waals surface area contributed by atoms with Gasteiger partial charge in [-0.25, -0.2) is 13.1 Å². The molecule has 0 radical (unpaired) electrons. The molecule has 0 spiro atoms. The summed E-state index contributed by atoms with van der Waals surface area (Å²) in [5, 5.41) is 8.69. The Bertz CT molecular complexity index is 568. The van der Waals surface area contributed by atoms with Crippen LogP contribution in [0.2, 0.25) is 0 Å². The van der Waals surface area contributed by atoms with Crippen molar-refractivity contribution in [2.75, 3.05) is 13.2 Å². The summed E-state index contributed by atoms with van der Waals surface area (Å²) in [5.74, 6) is 5.14. The Morgan fingerprint density at radius 1 is 1.39 bits per heavy atom. The summed E-state index contributed by atoms with van der Waals surface area (Å²) in [6.07, 6.45) is 0.725. The zero-order valence-corrected chi connectivity index (χ0v) is 11.3. The van der Waals surface area contributed by atoms with Crippen LogP contribution in [-0.4, -0.2) is 26.7 Å². The van der Waals surface area contributed by atoms with Gasteiger partial charge >= 0.3 is 0 Å². The highest BCUT2D eigenvalue weighted by Gasteiger charge is 2.16. The number of benzene rings is 1. The van der Waals surface area contributed by atoms with Crippen molar-refractivity contribution in [2.24, 2.45) is 0 Å². The summed E-state index contributed by atoms with van der Waals surface area (Å²) in [6, 6.07) is 4.96. The van der Waals surface area contributed by atoms with Crippen LogP contribution in [0.3, 0.4) is 0 Å². The lowest BCUT2D eigenvalue weighted by Gasteiger charge is -2.08. The Kier molecular flexibility index (Phi) is 5.35. The highest BCUT2D eigenvalue weighted by molar-refractivity contribution is 7.89. The van der Waals surface area contributed by atoms with Crippen molar-refractivity contribution in [2.45, 2.75) is 25.2 Å². The average molecular weight is 267 g/mol. The average Bonchev–Trinajstić information content (AvgIpc) is 2.33. The van der Waals surface area contributed by atoms with Crippen LogP contribution in [0.15, 0.2) is 23.1 Å². The van der Waals surface area contributed by atoms with Gasteiger partial charge in [0.1, 0.15) is 6.61 Å². The summed E-state index contributed by atoms with van der Waals surface area (Å²) < 4.78 is 26.6. The number of aliphatic hydroxyl groups excluding tert-OH is 1. The van der Waals surface area contributed by atoms with Crippen LogP contribution in [0.25, 0.3) is 0 Å². The molecule has 0 bridgehead atoms. The largest absolute Gasteiger partial charge is 0.384 e. The van der Waals surface area contributed by atoms with Gasteiger partial charge in [0.25, 0.3) is 0 Å². The molecule has 98 valence electrons. The van der Waals surface area contributed by atoms with Crippen molar-refractivity contribution in [3.63, 3.8) is 0 Å². The molecule has 0 aliphatic carbocycles. The van der Waals surface area contributed by atoms with Crippen LogP contribution < -0.4 is 4.72 Å². The number of sulfonamides is 1. The van der Waals surface area contributed by atoms with E-state index in [0.717, 1.165) is 12.0 Å². The van der Waals surface area contributed by atoms with Gasteiger partial charge < -0.3 is 5.11 Å². The van der Waals surface area contributed by atoms with E-state index in [2.05, 4.69) is 16.6 Å². The molecule has 4 nitrogen and oxygen atoms in total. The fourth-order valence-corrected chi connectivity index (χ4v) is 2.70. The van der Waals surface area contributed by atoms with E-state index in [4.69, 9.17) is 5.11 Å². The van der Waals surface area contributed by atoms with Crippen LogP contribution in [0, 0.1) is 18.8 Å². The Hall–Kier alpha value is -1.35. The van der Waals surface area contributed by atoms with Gasteiger partial charge in [0, 0.05) is 12.1 Å². The first-order chi connectivity index (χ1) is 8.51. The predicted molar refractivity (Wildman–Crippen MR) is 70.6 cm³/mol. The molecule has 0 saturated carbocycles. The lowest BCUT2D eigenvalue weighted by molar-refractivity contribution is 0.350. The number of hydrogen-bond donors (Lipinski definition) is 2. The molecule has 0 saturated heterocycles. The van der Waals surface area contributed by atoms with E-state index in [9.17, 15) is 8.42 Å². The van der Waals surface area contributed by atoms with Gasteiger partial charge in [-0.05, 0) is 31.0 Å². The van der Waals surface area contributed by atoms with E-state index in [1.807, 2.05) is 13.8 Å². The maximum atomic E-state index is 12.0. The van der Waals surface area contributed by atoms with Crippen LogP contribution in [0.5, 0.6) is 0 Å². The van der Waals surface area contributed by atoms with Crippen LogP contribution in [-0.2, 0) is 10.0 Å². The number of nitrogens with one attached hydrogen (secondary N) is 1. The Labute approximate surface area is 108 Å². The quantitative estimate of drug-likeness (QED) is 0.801. The molecule has 0 unspecified atom stereocenters. The lowest BCUT2D eigenvalue weighted by atomic mass is 10.1. The number of aryl methyl sites for hydroxylation is 1. The number of hydrogen-bond acceptors (Lipinski definition) is 3. The van der Waals surface area contributed by atoms with E-state index in [1.165, 1.54) is 6.07 Å². The maximum Gasteiger partial charge on any atom is 0.241 e. The summed E-state index contributed by atoms with van der Waals surface area (Å²) >= 11 is 0. The van der Waals surface area contributed by atoms with Crippen LogP contribution in [0.1, 0.15) is 24.5 Å². The molecule has 18 heavy (non-hydrogen) atoms. The molecular weight excluding hydrogens is 250 g/mol. The van der Waals surface area contributed by atoms with Gasteiger partial charge in [0.05, 0.1) is 4.90 Å². The van der Waals surface area contributed by atoms with Crippen LogP contribution in [0.4, 0.5) is 0 Å². The topological polar surface area (TPSA) is 66.4 Å². The first-order valence-electron chi connectivity index (χ1n) is 5.71. The summed E-state index contributed by atoms with van der Waals surface area (Å²) in [6.45, 7) is 3.85. The summed E-state index contributed by atoms with van der Waals surface area (Å²) in [5.41, 5.74) is 1.33. The smallest absolute Gasteiger partial charge is 0.241 e. The zero-order valence-electron chi connectivity index (χ0n) is 10.5. The number of rotatable bonds is 4. The van der Waals surface area contributed by atoms with Crippen molar-refractivity contribution >= 4 is 10.0 Å². The van der Waals surface area contributed by atoms with Crippen molar-refractivity contribution in [1.82, 2.24) is 4.72 Å². The fourth-order valence-electron chi connectivity index (χ4n) is 1.42. The molecule has 1 rings (SSSR count). The maximum absolute atomic E-state index is 12.0. The molecule has 2 N–H and O–H groups in total. The standard InChI is InChI=1S/C13H17NO3S/c1-3-8-14-18(16,17)13-7-6-11(2)10-12(13)5-4-9-15/h6-7,10,14-15H,3,8-9H2,1-2H3.